The van der Waals surface area contributed by atoms with E-state index in [-0.39, 0.29) is 5.41 Å². The molecule has 0 saturated heterocycles. The number of rotatable bonds is 4. The van der Waals surface area contributed by atoms with Gasteiger partial charge >= 0.3 is 0 Å². The molecule has 3 aromatic carbocycles. The lowest BCUT2D eigenvalue weighted by atomic mass is 9.88. The van der Waals surface area contributed by atoms with E-state index >= 15 is 0 Å². The number of benzene rings is 3. The molecule has 5 aromatic rings. The van der Waals surface area contributed by atoms with Crippen LogP contribution in [0.2, 0.25) is 19.6 Å². The Morgan fingerprint density at radius 2 is 1.54 bits per heavy atom. The molecule has 0 N–H and O–H groups in total. The van der Waals surface area contributed by atoms with Gasteiger partial charge in [-0.15, -0.1) is 0 Å². The maximum Gasteiger partial charge on any atom is 0.137 e. The van der Waals surface area contributed by atoms with Crippen LogP contribution in [-0.4, -0.2) is 17.6 Å². The third-order valence-electron chi connectivity index (χ3n) is 6.46. The summed E-state index contributed by atoms with van der Waals surface area (Å²) < 4.78 is 9.72. The van der Waals surface area contributed by atoms with Gasteiger partial charge in [-0.25, -0.2) is 4.98 Å². The third-order valence-corrected chi connectivity index (χ3v) is 8.94. The van der Waals surface area contributed by atoms with E-state index in [4.69, 9.17) is 9.72 Å². The van der Waals surface area contributed by atoms with E-state index in [9.17, 15) is 0 Å². The second-order valence-electron chi connectivity index (χ2n) is 11.2. The smallest absolute Gasteiger partial charge is 0.137 e. The van der Waals surface area contributed by atoms with Crippen LogP contribution in [0.25, 0.3) is 27.6 Å². The Kier molecular flexibility index (Phi) is 5.89. The summed E-state index contributed by atoms with van der Waals surface area (Å²) in [7, 11) is -1.48. The van der Waals surface area contributed by atoms with E-state index in [0.29, 0.717) is 0 Å². The van der Waals surface area contributed by atoms with Gasteiger partial charge in [0, 0.05) is 27.5 Å². The molecule has 35 heavy (non-hydrogen) atoms. The number of hydrogen-bond donors (Lipinski definition) is 0. The maximum absolute atomic E-state index is 6.43. The van der Waals surface area contributed by atoms with Crippen LogP contribution in [0.4, 0.5) is 0 Å². The van der Waals surface area contributed by atoms with Crippen molar-refractivity contribution in [2.45, 2.75) is 45.8 Å². The average Bonchev–Trinajstić information content (AvgIpc) is 3.11. The summed E-state index contributed by atoms with van der Waals surface area (Å²) in [5.74, 6) is 2.59. The lowest BCUT2D eigenvalue weighted by molar-refractivity contribution is 0.483. The summed E-state index contributed by atoms with van der Waals surface area (Å²) in [4.78, 5) is 4.78. The van der Waals surface area contributed by atoms with E-state index in [2.05, 4.69) is 128 Å². The Morgan fingerprint density at radius 3 is 2.29 bits per heavy atom. The van der Waals surface area contributed by atoms with Crippen LogP contribution in [0.15, 0.2) is 83.5 Å². The molecule has 5 rings (SSSR count). The van der Waals surface area contributed by atoms with Crippen molar-refractivity contribution in [3.8, 4) is 17.3 Å². The summed E-state index contributed by atoms with van der Waals surface area (Å²) in [6.45, 7) is 13.7. The molecule has 0 aliphatic rings. The zero-order chi connectivity index (χ0) is 25.0. The predicted molar refractivity (Wildman–Crippen MR) is 154 cm³/mol. The van der Waals surface area contributed by atoms with Crippen molar-refractivity contribution >= 4 is 51.0 Å². The molecule has 0 saturated carbocycles. The number of hydrogen-bond acceptors (Lipinski definition) is 2. The van der Waals surface area contributed by atoms with E-state index < -0.39 is 8.07 Å². The van der Waals surface area contributed by atoms with E-state index in [0.717, 1.165) is 32.8 Å². The SMILES string of the molecule is CC(C)(C)c1ccnc(-n2c3ccccc3c3ccc(Oc4cc(Br)cc([Si](C)(C)C)c4)cc32)c1. The van der Waals surface area contributed by atoms with Crippen molar-refractivity contribution in [1.82, 2.24) is 9.55 Å². The summed E-state index contributed by atoms with van der Waals surface area (Å²) >= 11 is 3.68. The van der Waals surface area contributed by atoms with Gasteiger partial charge in [-0.05, 0) is 59.5 Å². The maximum atomic E-state index is 6.43. The largest absolute Gasteiger partial charge is 0.457 e. The fourth-order valence-corrected chi connectivity index (χ4v) is 6.31. The van der Waals surface area contributed by atoms with Crippen molar-refractivity contribution in [3.63, 3.8) is 0 Å². The molecule has 0 amide bonds. The predicted octanol–water partition coefficient (Wildman–Crippen LogP) is 8.58. The van der Waals surface area contributed by atoms with Crippen molar-refractivity contribution in [2.75, 3.05) is 0 Å². The van der Waals surface area contributed by atoms with E-state index in [1.807, 2.05) is 12.3 Å². The summed E-state index contributed by atoms with van der Waals surface area (Å²) in [6.07, 6.45) is 1.91. The Balaban J connectivity index is 1.67. The molecule has 2 aromatic heterocycles. The number of ether oxygens (including phenoxy) is 1. The standard InChI is InChI=1S/C30H31BrN2OSi/c1-30(2,3)20-13-14-32-29(15-20)33-27-10-8-7-9-25(27)26-12-11-22(19-28(26)33)34-23-16-21(31)17-24(18-23)35(4,5)6/h7-19H,1-6H3. The Labute approximate surface area is 216 Å². The van der Waals surface area contributed by atoms with Gasteiger partial charge in [0.05, 0.1) is 19.1 Å². The minimum absolute atomic E-state index is 0.0412. The normalized spacial score (nSPS) is 12.4. The highest BCUT2D eigenvalue weighted by Gasteiger charge is 2.20. The van der Waals surface area contributed by atoms with Gasteiger partial charge in [-0.1, -0.05) is 79.7 Å². The van der Waals surface area contributed by atoms with Crippen molar-refractivity contribution < 1.29 is 4.74 Å². The first-order valence-electron chi connectivity index (χ1n) is 12.0. The Bertz CT molecular complexity index is 1560. The highest BCUT2D eigenvalue weighted by molar-refractivity contribution is 9.10. The average molecular weight is 544 g/mol. The van der Waals surface area contributed by atoms with Gasteiger partial charge in [-0.3, -0.25) is 4.57 Å². The second-order valence-corrected chi connectivity index (χ2v) is 17.2. The highest BCUT2D eigenvalue weighted by atomic mass is 79.9. The molecule has 0 fully saturated rings. The molecule has 5 heteroatoms. The molecule has 178 valence electrons. The van der Waals surface area contributed by atoms with E-state index in [1.165, 1.54) is 21.5 Å². The first-order chi connectivity index (χ1) is 16.5. The third kappa shape index (κ3) is 4.67. The van der Waals surface area contributed by atoms with Crippen LogP contribution >= 0.6 is 15.9 Å². The van der Waals surface area contributed by atoms with Crippen LogP contribution in [-0.2, 0) is 5.41 Å². The molecule has 0 spiro atoms. The number of para-hydroxylation sites is 1. The lowest BCUT2D eigenvalue weighted by Crippen LogP contribution is -2.37. The zero-order valence-corrected chi connectivity index (χ0v) is 23.8. The Hall–Kier alpha value is -2.89. The molecular weight excluding hydrogens is 512 g/mol. The van der Waals surface area contributed by atoms with Gasteiger partial charge in [0.25, 0.3) is 0 Å². The van der Waals surface area contributed by atoms with Gasteiger partial charge in [0.1, 0.15) is 17.3 Å². The molecule has 0 aliphatic heterocycles. The number of nitrogens with zero attached hydrogens (tertiary/aromatic N) is 2. The van der Waals surface area contributed by atoms with E-state index in [1.54, 1.807) is 0 Å². The van der Waals surface area contributed by atoms with Crippen LogP contribution in [0.5, 0.6) is 11.5 Å². The van der Waals surface area contributed by atoms with Crippen LogP contribution in [0.1, 0.15) is 26.3 Å². The van der Waals surface area contributed by atoms with Crippen molar-refractivity contribution in [1.29, 1.82) is 0 Å². The van der Waals surface area contributed by atoms with Crippen molar-refractivity contribution in [2.24, 2.45) is 0 Å². The summed E-state index contributed by atoms with van der Waals surface area (Å²) in [5, 5.41) is 3.76. The molecule has 0 radical (unpaired) electrons. The lowest BCUT2D eigenvalue weighted by Gasteiger charge is -2.20. The monoisotopic (exact) mass is 542 g/mol. The molecule has 0 atom stereocenters. The fourth-order valence-electron chi connectivity index (χ4n) is 4.46. The number of fused-ring (bicyclic) bond motifs is 3. The van der Waals surface area contributed by atoms with Crippen LogP contribution in [0.3, 0.4) is 0 Å². The highest BCUT2D eigenvalue weighted by Crippen LogP contribution is 2.36. The van der Waals surface area contributed by atoms with Gasteiger partial charge in [0.15, 0.2) is 0 Å². The molecule has 0 bridgehead atoms. The Morgan fingerprint density at radius 1 is 0.800 bits per heavy atom. The number of pyridine rings is 1. The summed E-state index contributed by atoms with van der Waals surface area (Å²) in [6, 6.07) is 25.6. The van der Waals surface area contributed by atoms with Crippen LogP contribution in [0, 0.1) is 0 Å². The minimum Gasteiger partial charge on any atom is -0.457 e. The topological polar surface area (TPSA) is 27.1 Å². The quantitative estimate of drug-likeness (QED) is 0.212. The number of aromatic nitrogens is 2. The van der Waals surface area contributed by atoms with Crippen molar-refractivity contribution in [3.05, 3.63) is 89.0 Å². The second kappa shape index (κ2) is 8.65. The summed E-state index contributed by atoms with van der Waals surface area (Å²) in [5.41, 5.74) is 3.53. The number of halogens is 1. The zero-order valence-electron chi connectivity index (χ0n) is 21.2. The first kappa shape index (κ1) is 23.8. The molecule has 3 nitrogen and oxygen atoms in total. The fraction of sp³-hybridized carbons (Fsp3) is 0.233. The molecule has 0 unspecified atom stereocenters. The van der Waals surface area contributed by atoms with Gasteiger partial charge < -0.3 is 4.74 Å². The van der Waals surface area contributed by atoms with Gasteiger partial charge in [0.2, 0.25) is 0 Å². The van der Waals surface area contributed by atoms with Gasteiger partial charge in [-0.2, -0.15) is 0 Å². The first-order valence-corrected chi connectivity index (χ1v) is 16.3. The molecular formula is C30H31BrN2OSi. The molecule has 2 heterocycles. The minimum atomic E-state index is -1.48. The van der Waals surface area contributed by atoms with Crippen LogP contribution < -0.4 is 9.92 Å². The molecule has 0 aliphatic carbocycles.